The second-order valence-electron chi connectivity index (χ2n) is 5.40. The molecule has 1 unspecified atom stereocenters. The number of nitrogens with two attached hydrogens (primary N) is 1. The Morgan fingerprint density at radius 1 is 0.947 bits per heavy atom. The lowest BCUT2D eigenvalue weighted by Crippen LogP contribution is -2.04. The van der Waals surface area contributed by atoms with Crippen molar-refractivity contribution in [1.29, 1.82) is 0 Å². The zero-order valence-corrected chi connectivity index (χ0v) is 12.1. The Hall–Kier alpha value is -1.60. The molecule has 0 saturated heterocycles. The van der Waals surface area contributed by atoms with Crippen LogP contribution in [0.4, 0.5) is 0 Å². The highest BCUT2D eigenvalue weighted by Crippen LogP contribution is 2.26. The van der Waals surface area contributed by atoms with Crippen LogP contribution in [0, 0.1) is 13.8 Å². The Balaban J connectivity index is 2.34. The molecule has 0 bridgehead atoms. The summed E-state index contributed by atoms with van der Waals surface area (Å²) in [6.45, 7) is 7.31. The van der Waals surface area contributed by atoms with Crippen molar-refractivity contribution in [3.05, 3.63) is 59.2 Å². The molecule has 1 atom stereocenters. The van der Waals surface area contributed by atoms with Gasteiger partial charge >= 0.3 is 0 Å². The minimum Gasteiger partial charge on any atom is -0.330 e. The fraction of sp³-hybridized carbons (Fsp3) is 0.333. The van der Waals surface area contributed by atoms with Crippen LogP contribution in [0.1, 0.15) is 36.0 Å². The Morgan fingerprint density at radius 2 is 1.68 bits per heavy atom. The molecular formula is C18H23N. The van der Waals surface area contributed by atoms with E-state index in [9.17, 15) is 0 Å². The van der Waals surface area contributed by atoms with Gasteiger partial charge in [-0.2, -0.15) is 0 Å². The van der Waals surface area contributed by atoms with Crippen molar-refractivity contribution in [2.75, 3.05) is 6.54 Å². The van der Waals surface area contributed by atoms with Crippen LogP contribution in [-0.4, -0.2) is 6.54 Å². The van der Waals surface area contributed by atoms with Gasteiger partial charge in [-0.3, -0.25) is 0 Å². The zero-order valence-electron chi connectivity index (χ0n) is 12.1. The van der Waals surface area contributed by atoms with Crippen LogP contribution in [0.15, 0.2) is 42.5 Å². The van der Waals surface area contributed by atoms with Crippen molar-refractivity contribution in [3.63, 3.8) is 0 Å². The number of aryl methyl sites for hydroxylation is 2. The minimum absolute atomic E-state index is 0.525. The van der Waals surface area contributed by atoms with E-state index in [2.05, 4.69) is 63.2 Å². The summed E-state index contributed by atoms with van der Waals surface area (Å²) in [6.07, 6.45) is 1.04. The van der Waals surface area contributed by atoms with Gasteiger partial charge < -0.3 is 5.73 Å². The molecular weight excluding hydrogens is 230 g/mol. The predicted octanol–water partition coefficient (Wildman–Crippen LogP) is 4.42. The molecule has 0 saturated carbocycles. The van der Waals surface area contributed by atoms with E-state index in [-0.39, 0.29) is 0 Å². The average Bonchev–Trinajstić information content (AvgIpc) is 2.42. The maximum atomic E-state index is 5.65. The van der Waals surface area contributed by atoms with Gasteiger partial charge in [0.1, 0.15) is 0 Å². The summed E-state index contributed by atoms with van der Waals surface area (Å²) >= 11 is 0. The molecule has 2 rings (SSSR count). The summed E-state index contributed by atoms with van der Waals surface area (Å²) in [6, 6.07) is 15.5. The van der Waals surface area contributed by atoms with Crippen LogP contribution < -0.4 is 5.73 Å². The van der Waals surface area contributed by atoms with Crippen LogP contribution in [-0.2, 0) is 0 Å². The van der Waals surface area contributed by atoms with Crippen molar-refractivity contribution in [2.24, 2.45) is 5.73 Å². The van der Waals surface area contributed by atoms with Crippen molar-refractivity contribution in [2.45, 2.75) is 33.1 Å². The largest absolute Gasteiger partial charge is 0.330 e. The van der Waals surface area contributed by atoms with Crippen LogP contribution >= 0.6 is 0 Å². The smallest absolute Gasteiger partial charge is 0.00715 e. The van der Waals surface area contributed by atoms with Crippen LogP contribution in [0.2, 0.25) is 0 Å². The Bertz CT molecular complexity index is 557. The number of benzene rings is 2. The third kappa shape index (κ3) is 3.24. The summed E-state index contributed by atoms with van der Waals surface area (Å²) in [5, 5.41) is 0. The van der Waals surface area contributed by atoms with E-state index >= 15 is 0 Å². The number of hydrogen-bond donors (Lipinski definition) is 1. The quantitative estimate of drug-likeness (QED) is 0.857. The van der Waals surface area contributed by atoms with Crippen molar-refractivity contribution >= 4 is 0 Å². The maximum Gasteiger partial charge on any atom is -0.00715 e. The van der Waals surface area contributed by atoms with Gasteiger partial charge in [0, 0.05) is 0 Å². The number of hydrogen-bond acceptors (Lipinski definition) is 1. The fourth-order valence-corrected chi connectivity index (χ4v) is 2.36. The zero-order chi connectivity index (χ0) is 13.8. The van der Waals surface area contributed by atoms with Crippen LogP contribution in [0.25, 0.3) is 11.1 Å². The van der Waals surface area contributed by atoms with Gasteiger partial charge in [0.25, 0.3) is 0 Å². The lowest BCUT2D eigenvalue weighted by Gasteiger charge is -2.13. The van der Waals surface area contributed by atoms with Crippen molar-refractivity contribution in [3.8, 4) is 11.1 Å². The topological polar surface area (TPSA) is 26.0 Å². The summed E-state index contributed by atoms with van der Waals surface area (Å²) in [5.74, 6) is 0.525. The molecule has 0 spiro atoms. The molecule has 0 aromatic heterocycles. The highest BCUT2D eigenvalue weighted by atomic mass is 14.5. The average molecular weight is 253 g/mol. The van der Waals surface area contributed by atoms with Gasteiger partial charge in [-0.25, -0.2) is 0 Å². The first-order chi connectivity index (χ1) is 9.11. The molecule has 0 aliphatic heterocycles. The standard InChI is InChI=1S/C18H23N/c1-13-7-8-18(11-15(13)3)17-6-4-5-16(12-17)14(2)9-10-19/h4-8,11-12,14H,9-10,19H2,1-3H3. The molecule has 0 amide bonds. The molecule has 0 radical (unpaired) electrons. The summed E-state index contributed by atoms with van der Waals surface area (Å²) in [5.41, 5.74) is 12.3. The predicted molar refractivity (Wildman–Crippen MR) is 83.4 cm³/mol. The fourth-order valence-electron chi connectivity index (χ4n) is 2.36. The lowest BCUT2D eigenvalue weighted by molar-refractivity contribution is 0.690. The van der Waals surface area contributed by atoms with Crippen molar-refractivity contribution < 1.29 is 0 Å². The van der Waals surface area contributed by atoms with E-state index in [4.69, 9.17) is 5.73 Å². The molecule has 0 aliphatic rings. The van der Waals surface area contributed by atoms with Gasteiger partial charge in [-0.05, 0) is 60.5 Å². The van der Waals surface area contributed by atoms with E-state index in [0.717, 1.165) is 13.0 Å². The van der Waals surface area contributed by atoms with E-state index in [0.29, 0.717) is 5.92 Å². The van der Waals surface area contributed by atoms with Gasteiger partial charge in [-0.1, -0.05) is 49.4 Å². The lowest BCUT2D eigenvalue weighted by atomic mass is 9.93. The Morgan fingerprint density at radius 3 is 2.37 bits per heavy atom. The molecule has 2 N–H and O–H groups in total. The first-order valence-electron chi connectivity index (χ1n) is 6.99. The molecule has 0 heterocycles. The molecule has 1 heteroatoms. The van der Waals surface area contributed by atoms with Gasteiger partial charge in [0.05, 0.1) is 0 Å². The third-order valence-electron chi connectivity index (χ3n) is 3.90. The number of rotatable bonds is 4. The second kappa shape index (κ2) is 6.03. The van der Waals surface area contributed by atoms with Crippen LogP contribution in [0.3, 0.4) is 0 Å². The Kier molecular flexibility index (Phi) is 4.39. The molecule has 2 aromatic carbocycles. The first kappa shape index (κ1) is 13.8. The summed E-state index contributed by atoms with van der Waals surface area (Å²) < 4.78 is 0. The van der Waals surface area contributed by atoms with E-state index < -0.39 is 0 Å². The molecule has 19 heavy (non-hydrogen) atoms. The molecule has 2 aromatic rings. The maximum absolute atomic E-state index is 5.65. The first-order valence-corrected chi connectivity index (χ1v) is 6.99. The van der Waals surface area contributed by atoms with Gasteiger partial charge in [0.2, 0.25) is 0 Å². The monoisotopic (exact) mass is 253 g/mol. The van der Waals surface area contributed by atoms with Gasteiger partial charge in [-0.15, -0.1) is 0 Å². The molecule has 0 fully saturated rings. The molecule has 1 nitrogen and oxygen atoms in total. The second-order valence-corrected chi connectivity index (χ2v) is 5.40. The highest BCUT2D eigenvalue weighted by Gasteiger charge is 2.06. The van der Waals surface area contributed by atoms with Gasteiger partial charge in [0.15, 0.2) is 0 Å². The summed E-state index contributed by atoms with van der Waals surface area (Å²) in [7, 11) is 0. The molecule has 100 valence electrons. The van der Waals surface area contributed by atoms with Crippen LogP contribution in [0.5, 0.6) is 0 Å². The molecule has 0 aliphatic carbocycles. The summed E-state index contributed by atoms with van der Waals surface area (Å²) in [4.78, 5) is 0. The normalized spacial score (nSPS) is 12.4. The highest BCUT2D eigenvalue weighted by molar-refractivity contribution is 5.65. The minimum atomic E-state index is 0.525. The third-order valence-corrected chi connectivity index (χ3v) is 3.90. The Labute approximate surface area is 116 Å². The van der Waals surface area contributed by atoms with E-state index in [1.54, 1.807) is 0 Å². The van der Waals surface area contributed by atoms with E-state index in [1.165, 1.54) is 27.8 Å². The van der Waals surface area contributed by atoms with Crippen molar-refractivity contribution in [1.82, 2.24) is 0 Å². The van der Waals surface area contributed by atoms with E-state index in [1.807, 2.05) is 0 Å². The SMILES string of the molecule is Cc1ccc(-c2cccc(C(C)CCN)c2)cc1C.